The highest BCUT2D eigenvalue weighted by Crippen LogP contribution is 2.48. The largest absolute Gasteiger partial charge is 0.493 e. The first-order valence-electron chi connectivity index (χ1n) is 10.5. The molecule has 0 radical (unpaired) electrons. The molecule has 5 nitrogen and oxygen atoms in total. The summed E-state index contributed by atoms with van der Waals surface area (Å²) < 4.78 is 18.0. The van der Waals surface area contributed by atoms with E-state index >= 15 is 0 Å². The monoisotopic (exact) mass is 389 g/mol. The summed E-state index contributed by atoms with van der Waals surface area (Å²) in [5.74, 6) is 2.49. The highest BCUT2D eigenvalue weighted by atomic mass is 16.5. The van der Waals surface area contributed by atoms with Crippen molar-refractivity contribution in [2.45, 2.75) is 84.2 Å². The van der Waals surface area contributed by atoms with Gasteiger partial charge in [-0.2, -0.15) is 0 Å². The Labute approximate surface area is 169 Å². The molecule has 3 rings (SSSR count). The standard InChI is InChI=1S/C23H35NO4/c1-14(2)27-19-10-8-17(12-21(19)26-6)22-13-23(5,24-16(4)25)18-9-7-15(3)11-20(18)28-22/h8,10,12,14-15,18,20,22H,7,9,11,13H2,1-6H3,(H,24,25)/t15-,18-,20-,22-,23+/m1/s1. The molecule has 1 aromatic rings. The number of fused-ring (bicyclic) bond motifs is 1. The number of carbonyl (C=O) groups is 1. The SMILES string of the molecule is COc1cc([C@H]2C[C@](C)(NC(C)=O)[C@@H]3CC[C@@H](C)C[C@H]3O2)ccc1OC(C)C. The Balaban J connectivity index is 1.90. The number of ether oxygens (including phenoxy) is 3. The van der Waals surface area contributed by atoms with Crippen LogP contribution in [0.15, 0.2) is 18.2 Å². The number of rotatable bonds is 5. The van der Waals surface area contributed by atoms with Gasteiger partial charge in [-0.05, 0) is 57.2 Å². The molecule has 1 amide bonds. The number of carbonyl (C=O) groups excluding carboxylic acids is 1. The lowest BCUT2D eigenvalue weighted by Gasteiger charge is -2.52. The summed E-state index contributed by atoms with van der Waals surface area (Å²) in [4.78, 5) is 12.0. The van der Waals surface area contributed by atoms with Crippen LogP contribution in [0.2, 0.25) is 0 Å². The molecule has 1 aliphatic heterocycles. The van der Waals surface area contributed by atoms with Crippen LogP contribution in [0, 0.1) is 11.8 Å². The lowest BCUT2D eigenvalue weighted by Crippen LogP contribution is -2.60. The van der Waals surface area contributed by atoms with E-state index in [1.165, 1.54) is 6.42 Å². The normalized spacial score (nSPS) is 32.5. The minimum atomic E-state index is -0.264. The smallest absolute Gasteiger partial charge is 0.217 e. The van der Waals surface area contributed by atoms with Gasteiger partial charge in [-0.15, -0.1) is 0 Å². The summed E-state index contributed by atoms with van der Waals surface area (Å²) in [5.41, 5.74) is 0.807. The minimum absolute atomic E-state index is 0.0267. The molecular weight excluding hydrogens is 354 g/mol. The van der Waals surface area contributed by atoms with Crippen molar-refractivity contribution in [3.05, 3.63) is 23.8 Å². The quantitative estimate of drug-likeness (QED) is 0.797. The Morgan fingerprint density at radius 2 is 2.04 bits per heavy atom. The molecule has 2 fully saturated rings. The average Bonchev–Trinajstić information content (AvgIpc) is 2.60. The summed E-state index contributed by atoms with van der Waals surface area (Å²) >= 11 is 0. The van der Waals surface area contributed by atoms with Crippen molar-refractivity contribution in [2.75, 3.05) is 7.11 Å². The van der Waals surface area contributed by atoms with E-state index in [9.17, 15) is 4.79 Å². The molecule has 0 aromatic heterocycles. The zero-order valence-corrected chi connectivity index (χ0v) is 18.1. The van der Waals surface area contributed by atoms with Crippen molar-refractivity contribution in [1.29, 1.82) is 0 Å². The predicted octanol–water partition coefficient (Wildman–Crippen LogP) is 4.64. The fraction of sp³-hybridized carbons (Fsp3) is 0.696. The Kier molecular flexibility index (Phi) is 6.23. The van der Waals surface area contributed by atoms with Crippen molar-refractivity contribution in [1.82, 2.24) is 5.32 Å². The zero-order chi connectivity index (χ0) is 20.5. The van der Waals surface area contributed by atoms with Crippen LogP contribution >= 0.6 is 0 Å². The molecule has 0 spiro atoms. The van der Waals surface area contributed by atoms with Gasteiger partial charge in [0.1, 0.15) is 0 Å². The van der Waals surface area contributed by atoms with E-state index in [0.29, 0.717) is 11.8 Å². The highest BCUT2D eigenvalue weighted by Gasteiger charge is 2.49. The van der Waals surface area contributed by atoms with Gasteiger partial charge >= 0.3 is 0 Å². The van der Waals surface area contributed by atoms with Crippen LogP contribution in [0.1, 0.15) is 72.0 Å². The molecule has 1 saturated heterocycles. The van der Waals surface area contributed by atoms with E-state index in [0.717, 1.165) is 36.3 Å². The Bertz CT molecular complexity index is 704. The van der Waals surface area contributed by atoms with Gasteiger partial charge in [-0.1, -0.05) is 19.4 Å². The first-order valence-corrected chi connectivity index (χ1v) is 10.5. The minimum Gasteiger partial charge on any atom is -0.493 e. The van der Waals surface area contributed by atoms with Crippen molar-refractivity contribution in [3.63, 3.8) is 0 Å². The van der Waals surface area contributed by atoms with Gasteiger partial charge < -0.3 is 19.5 Å². The van der Waals surface area contributed by atoms with Crippen LogP contribution in [0.3, 0.4) is 0 Å². The summed E-state index contributed by atoms with van der Waals surface area (Å²) in [6, 6.07) is 6.04. The fourth-order valence-electron chi connectivity index (χ4n) is 4.98. The molecule has 5 heteroatoms. The summed E-state index contributed by atoms with van der Waals surface area (Å²) in [5, 5.41) is 3.26. The molecule has 1 N–H and O–H groups in total. The highest BCUT2D eigenvalue weighted by molar-refractivity contribution is 5.73. The van der Waals surface area contributed by atoms with E-state index in [1.807, 2.05) is 26.0 Å². The van der Waals surface area contributed by atoms with Crippen molar-refractivity contribution in [2.24, 2.45) is 11.8 Å². The van der Waals surface area contributed by atoms with E-state index in [2.05, 4.69) is 25.2 Å². The third kappa shape index (κ3) is 4.45. The first-order chi connectivity index (χ1) is 13.2. The fourth-order valence-corrected chi connectivity index (χ4v) is 4.98. The van der Waals surface area contributed by atoms with Crippen molar-refractivity contribution >= 4 is 5.91 Å². The number of amides is 1. The number of hydrogen-bond acceptors (Lipinski definition) is 4. The molecule has 1 saturated carbocycles. The predicted molar refractivity (Wildman–Crippen MR) is 110 cm³/mol. The number of nitrogens with one attached hydrogen (secondary N) is 1. The molecule has 1 aliphatic carbocycles. The van der Waals surface area contributed by atoms with E-state index in [4.69, 9.17) is 14.2 Å². The van der Waals surface area contributed by atoms with Crippen molar-refractivity contribution < 1.29 is 19.0 Å². The summed E-state index contributed by atoms with van der Waals surface area (Å²) in [7, 11) is 1.66. The van der Waals surface area contributed by atoms with Crippen LogP contribution in [-0.4, -0.2) is 30.8 Å². The van der Waals surface area contributed by atoms with E-state index in [-0.39, 0.29) is 29.8 Å². The third-order valence-electron chi connectivity index (χ3n) is 6.20. The second-order valence-electron chi connectivity index (χ2n) is 9.07. The molecule has 0 bridgehead atoms. The van der Waals surface area contributed by atoms with Gasteiger partial charge in [0.15, 0.2) is 11.5 Å². The molecule has 5 atom stereocenters. The first kappa shape index (κ1) is 21.0. The Morgan fingerprint density at radius 1 is 1.29 bits per heavy atom. The number of hydrogen-bond donors (Lipinski definition) is 1. The molecule has 1 heterocycles. The van der Waals surface area contributed by atoms with Gasteiger partial charge in [0, 0.05) is 24.8 Å². The van der Waals surface area contributed by atoms with Crippen molar-refractivity contribution in [3.8, 4) is 11.5 Å². The molecule has 156 valence electrons. The summed E-state index contributed by atoms with van der Waals surface area (Å²) in [6.07, 6.45) is 4.26. The number of methoxy groups -OCH3 is 1. The van der Waals surface area contributed by atoms with Crippen LogP contribution in [-0.2, 0) is 9.53 Å². The average molecular weight is 390 g/mol. The third-order valence-corrected chi connectivity index (χ3v) is 6.20. The zero-order valence-electron chi connectivity index (χ0n) is 18.1. The molecular formula is C23H35NO4. The topological polar surface area (TPSA) is 56.8 Å². The summed E-state index contributed by atoms with van der Waals surface area (Å²) in [6.45, 7) is 10.1. The van der Waals surface area contributed by atoms with Crippen LogP contribution in [0.4, 0.5) is 0 Å². The van der Waals surface area contributed by atoms with Gasteiger partial charge in [-0.3, -0.25) is 4.79 Å². The molecule has 28 heavy (non-hydrogen) atoms. The lowest BCUT2D eigenvalue weighted by molar-refractivity contribution is -0.153. The second-order valence-corrected chi connectivity index (χ2v) is 9.07. The molecule has 1 aromatic carbocycles. The second kappa shape index (κ2) is 8.32. The maximum atomic E-state index is 12.0. The van der Waals surface area contributed by atoms with E-state index < -0.39 is 0 Å². The van der Waals surface area contributed by atoms with Crippen LogP contribution in [0.5, 0.6) is 11.5 Å². The van der Waals surface area contributed by atoms with Gasteiger partial charge in [0.05, 0.1) is 25.4 Å². The lowest BCUT2D eigenvalue weighted by atomic mass is 9.66. The van der Waals surface area contributed by atoms with Gasteiger partial charge in [0.2, 0.25) is 5.91 Å². The van der Waals surface area contributed by atoms with E-state index in [1.54, 1.807) is 14.0 Å². The Hall–Kier alpha value is -1.75. The number of benzene rings is 1. The maximum absolute atomic E-state index is 12.0. The maximum Gasteiger partial charge on any atom is 0.217 e. The van der Waals surface area contributed by atoms with Crippen LogP contribution in [0.25, 0.3) is 0 Å². The van der Waals surface area contributed by atoms with Gasteiger partial charge in [-0.25, -0.2) is 0 Å². The van der Waals surface area contributed by atoms with Gasteiger partial charge in [0.25, 0.3) is 0 Å². The molecule has 2 aliphatic rings. The Morgan fingerprint density at radius 3 is 2.68 bits per heavy atom. The molecule has 0 unspecified atom stereocenters. The van der Waals surface area contributed by atoms with Crippen LogP contribution < -0.4 is 14.8 Å².